The molecule has 1 fully saturated rings. The number of benzene rings is 2. The molecule has 38 heavy (non-hydrogen) atoms. The van der Waals surface area contributed by atoms with Crippen LogP contribution in [0.15, 0.2) is 42.5 Å². The molecule has 0 radical (unpaired) electrons. The Hall–Kier alpha value is -3.08. The fourth-order valence-electron chi connectivity index (χ4n) is 4.61. The second-order valence-electron chi connectivity index (χ2n) is 9.67. The number of carbonyl (C=O) groups is 2. The maximum atomic E-state index is 14.4. The van der Waals surface area contributed by atoms with Crippen LogP contribution in [0.25, 0.3) is 0 Å². The lowest BCUT2D eigenvalue weighted by Crippen LogP contribution is -2.50. The van der Waals surface area contributed by atoms with E-state index in [1.807, 2.05) is 0 Å². The summed E-state index contributed by atoms with van der Waals surface area (Å²) in [7, 11) is -3.86. The Morgan fingerprint density at radius 2 is 1.68 bits per heavy atom. The molecular formula is C27H34F3N3O4S. The summed E-state index contributed by atoms with van der Waals surface area (Å²) >= 11 is 0. The second-order valence-corrected chi connectivity index (χ2v) is 11.6. The van der Waals surface area contributed by atoms with Crippen molar-refractivity contribution in [3.8, 4) is 0 Å². The summed E-state index contributed by atoms with van der Waals surface area (Å²) in [6.07, 6.45) is 5.71. The number of hydrogen-bond acceptors (Lipinski definition) is 4. The molecule has 11 heteroatoms. The standard InChI is InChI=1S/C27H34F3N3O4S/c1-19(27(35)31-21-10-4-3-5-11-21)32(18-20-9-6-7-12-23(20)28)26(34)13-8-16-33(38(2,36)37)22-14-15-24(29)25(30)17-22/h6-7,9,12,14-15,17,19,21H,3-5,8,10-11,13,16,18H2,1-2H3,(H,31,35). The van der Waals surface area contributed by atoms with E-state index < -0.39 is 39.4 Å². The van der Waals surface area contributed by atoms with Crippen molar-refractivity contribution in [1.82, 2.24) is 10.2 Å². The minimum absolute atomic E-state index is 0.0311. The summed E-state index contributed by atoms with van der Waals surface area (Å²) in [5.41, 5.74) is 0.181. The number of halogens is 3. The minimum atomic E-state index is -3.86. The van der Waals surface area contributed by atoms with Gasteiger partial charge in [0.15, 0.2) is 11.6 Å². The molecule has 1 N–H and O–H groups in total. The van der Waals surface area contributed by atoms with Crippen molar-refractivity contribution in [3.05, 3.63) is 65.5 Å². The maximum absolute atomic E-state index is 14.4. The quantitative estimate of drug-likeness (QED) is 0.444. The molecule has 208 valence electrons. The fraction of sp³-hybridized carbons (Fsp3) is 0.481. The zero-order valence-corrected chi connectivity index (χ0v) is 22.4. The number of amides is 2. The van der Waals surface area contributed by atoms with E-state index in [0.29, 0.717) is 0 Å². The van der Waals surface area contributed by atoms with Crippen LogP contribution in [-0.2, 0) is 26.2 Å². The summed E-state index contributed by atoms with van der Waals surface area (Å²) in [6.45, 7) is 1.27. The maximum Gasteiger partial charge on any atom is 0.242 e. The predicted molar refractivity (Wildman–Crippen MR) is 139 cm³/mol. The van der Waals surface area contributed by atoms with Gasteiger partial charge in [-0.2, -0.15) is 0 Å². The minimum Gasteiger partial charge on any atom is -0.352 e. The molecule has 1 saturated carbocycles. The Morgan fingerprint density at radius 1 is 1.00 bits per heavy atom. The number of anilines is 1. The van der Waals surface area contributed by atoms with Gasteiger partial charge in [-0.3, -0.25) is 13.9 Å². The zero-order valence-electron chi connectivity index (χ0n) is 21.6. The number of carbonyl (C=O) groups excluding carboxylic acids is 2. The highest BCUT2D eigenvalue weighted by atomic mass is 32.2. The van der Waals surface area contributed by atoms with E-state index in [0.717, 1.165) is 60.9 Å². The number of hydrogen-bond donors (Lipinski definition) is 1. The summed E-state index contributed by atoms with van der Waals surface area (Å²) in [5, 5.41) is 3.00. The van der Waals surface area contributed by atoms with Gasteiger partial charge in [-0.05, 0) is 44.4 Å². The molecular weight excluding hydrogens is 519 g/mol. The van der Waals surface area contributed by atoms with Gasteiger partial charge >= 0.3 is 0 Å². The summed E-state index contributed by atoms with van der Waals surface area (Å²) in [6, 6.07) is 7.87. The molecule has 2 aromatic rings. The van der Waals surface area contributed by atoms with E-state index in [1.54, 1.807) is 13.0 Å². The molecule has 0 aromatic heterocycles. The third-order valence-electron chi connectivity index (χ3n) is 6.76. The molecule has 1 aliphatic carbocycles. The van der Waals surface area contributed by atoms with Gasteiger partial charge in [0.2, 0.25) is 21.8 Å². The molecule has 0 aliphatic heterocycles. The van der Waals surface area contributed by atoms with Crippen LogP contribution in [0.1, 0.15) is 57.4 Å². The number of nitrogens with zero attached hydrogens (tertiary/aromatic N) is 2. The second kappa shape index (κ2) is 13.1. The summed E-state index contributed by atoms with van der Waals surface area (Å²) < 4.78 is 67.0. The van der Waals surface area contributed by atoms with E-state index in [1.165, 1.54) is 23.1 Å². The van der Waals surface area contributed by atoms with Crippen molar-refractivity contribution in [3.63, 3.8) is 0 Å². The third kappa shape index (κ3) is 7.96. The normalized spacial score (nSPS) is 15.1. The lowest BCUT2D eigenvalue weighted by atomic mass is 9.95. The van der Waals surface area contributed by atoms with Crippen molar-refractivity contribution in [2.45, 2.75) is 70.5 Å². The predicted octanol–water partition coefficient (Wildman–Crippen LogP) is 4.52. The third-order valence-corrected chi connectivity index (χ3v) is 7.95. The molecule has 0 spiro atoms. The number of nitrogens with one attached hydrogen (secondary N) is 1. The van der Waals surface area contributed by atoms with E-state index in [9.17, 15) is 31.2 Å². The van der Waals surface area contributed by atoms with Crippen LogP contribution in [0.4, 0.5) is 18.9 Å². The van der Waals surface area contributed by atoms with Crippen LogP contribution in [-0.4, -0.2) is 50.0 Å². The molecule has 0 heterocycles. The fourth-order valence-corrected chi connectivity index (χ4v) is 5.56. The van der Waals surface area contributed by atoms with Gasteiger partial charge in [0.05, 0.1) is 11.9 Å². The van der Waals surface area contributed by atoms with Crippen LogP contribution in [0.3, 0.4) is 0 Å². The first-order valence-electron chi connectivity index (χ1n) is 12.7. The van der Waals surface area contributed by atoms with Crippen LogP contribution in [0.2, 0.25) is 0 Å². The van der Waals surface area contributed by atoms with E-state index in [4.69, 9.17) is 0 Å². The SMILES string of the molecule is CC(C(=O)NC1CCCCC1)N(Cc1ccccc1F)C(=O)CCCN(c1ccc(F)c(F)c1)S(C)(=O)=O. The first-order chi connectivity index (χ1) is 18.0. The molecule has 0 bridgehead atoms. The highest BCUT2D eigenvalue weighted by molar-refractivity contribution is 7.92. The highest BCUT2D eigenvalue weighted by Gasteiger charge is 2.29. The van der Waals surface area contributed by atoms with E-state index in [2.05, 4.69) is 5.32 Å². The van der Waals surface area contributed by atoms with Gasteiger partial charge in [0.1, 0.15) is 11.9 Å². The van der Waals surface area contributed by atoms with Crippen molar-refractivity contribution in [2.24, 2.45) is 0 Å². The van der Waals surface area contributed by atoms with Gasteiger partial charge in [0.25, 0.3) is 0 Å². The van der Waals surface area contributed by atoms with Gasteiger partial charge < -0.3 is 10.2 Å². The van der Waals surface area contributed by atoms with Gasteiger partial charge in [-0.15, -0.1) is 0 Å². The topological polar surface area (TPSA) is 86.8 Å². The van der Waals surface area contributed by atoms with E-state index >= 15 is 0 Å². The molecule has 2 amide bonds. The average Bonchev–Trinajstić information content (AvgIpc) is 2.87. The van der Waals surface area contributed by atoms with Crippen LogP contribution < -0.4 is 9.62 Å². The smallest absolute Gasteiger partial charge is 0.242 e. The Morgan fingerprint density at radius 3 is 2.32 bits per heavy atom. The monoisotopic (exact) mass is 553 g/mol. The molecule has 1 aliphatic rings. The first-order valence-corrected chi connectivity index (χ1v) is 14.6. The molecule has 1 atom stereocenters. The van der Waals surface area contributed by atoms with Gasteiger partial charge in [-0.25, -0.2) is 21.6 Å². The van der Waals surface area contributed by atoms with Crippen molar-refractivity contribution in [1.29, 1.82) is 0 Å². The van der Waals surface area contributed by atoms with Crippen LogP contribution in [0.5, 0.6) is 0 Å². The largest absolute Gasteiger partial charge is 0.352 e. The Labute approximate surface area is 222 Å². The van der Waals surface area contributed by atoms with Crippen LogP contribution in [0, 0.1) is 17.5 Å². The lowest BCUT2D eigenvalue weighted by molar-refractivity contribution is -0.141. The Balaban J connectivity index is 1.73. The molecule has 0 saturated heterocycles. The summed E-state index contributed by atoms with van der Waals surface area (Å²) in [4.78, 5) is 27.6. The van der Waals surface area contributed by atoms with Crippen LogP contribution >= 0.6 is 0 Å². The zero-order chi connectivity index (χ0) is 27.9. The van der Waals surface area contributed by atoms with Gasteiger partial charge in [-0.1, -0.05) is 37.5 Å². The molecule has 3 rings (SSSR count). The van der Waals surface area contributed by atoms with Crippen molar-refractivity contribution < 1.29 is 31.2 Å². The Kier molecular flexibility index (Phi) is 10.2. The molecule has 7 nitrogen and oxygen atoms in total. The van der Waals surface area contributed by atoms with Crippen molar-refractivity contribution >= 4 is 27.5 Å². The Bertz CT molecular complexity index is 1240. The van der Waals surface area contributed by atoms with E-state index in [-0.39, 0.29) is 49.1 Å². The lowest BCUT2D eigenvalue weighted by Gasteiger charge is -2.31. The van der Waals surface area contributed by atoms with Gasteiger partial charge in [0, 0.05) is 37.2 Å². The summed E-state index contributed by atoms with van der Waals surface area (Å²) in [5.74, 6) is -3.60. The average molecular weight is 554 g/mol. The highest BCUT2D eigenvalue weighted by Crippen LogP contribution is 2.22. The number of rotatable bonds is 11. The molecule has 2 aromatic carbocycles. The van der Waals surface area contributed by atoms with Crippen molar-refractivity contribution in [2.75, 3.05) is 17.1 Å². The first kappa shape index (κ1) is 29.5. The molecule has 1 unspecified atom stereocenters. The number of sulfonamides is 1.